The molecule has 1 atom stereocenters. The van der Waals surface area contributed by atoms with Crippen molar-refractivity contribution in [3.05, 3.63) is 277 Å². The predicted molar refractivity (Wildman–Crippen MR) is 296 cm³/mol. The Balaban J connectivity index is 0.960. The van der Waals surface area contributed by atoms with E-state index in [1.54, 1.807) is 0 Å². The van der Waals surface area contributed by atoms with E-state index >= 15 is 0 Å². The van der Waals surface area contributed by atoms with Gasteiger partial charge in [-0.05, 0) is 116 Å². The number of para-hydroxylation sites is 3. The first kappa shape index (κ1) is 39.3. The van der Waals surface area contributed by atoms with Gasteiger partial charge in [0.1, 0.15) is 0 Å². The molecule has 1 spiro atoms. The van der Waals surface area contributed by atoms with Crippen molar-refractivity contribution in [3.8, 4) is 50.2 Å². The molecule has 326 valence electrons. The van der Waals surface area contributed by atoms with Crippen LogP contribution in [0.4, 0.5) is 17.1 Å². The fourth-order valence-corrected chi connectivity index (χ4v) is 13.7. The highest BCUT2D eigenvalue weighted by Crippen LogP contribution is 2.66. The molecule has 2 aliphatic rings. The second kappa shape index (κ2) is 15.1. The summed E-state index contributed by atoms with van der Waals surface area (Å²) in [7, 11) is 0. The standard InChI is InChI=1S/C67H42N2S/c1-3-18-44(19-4-1)48-22-9-14-30-59(48)69(47-37-34-43(35-38-47)45-36-41-61-55(42-45)50-24-10-15-31-60(50)68(61)46-20-5-2-6-21-46)62-32-17-29-58-64(62)54-26-8-13-28-57(54)67(58)56-27-12-7-23-49(56)52-39-40-53-51-25-11-16-33-63(51)70-66(53)65(52)67/h1-42H. The summed E-state index contributed by atoms with van der Waals surface area (Å²) in [6.07, 6.45) is 0. The van der Waals surface area contributed by atoms with E-state index in [0.717, 1.165) is 22.7 Å². The third-order valence-electron chi connectivity index (χ3n) is 15.2. The van der Waals surface area contributed by atoms with E-state index < -0.39 is 5.41 Å². The Bertz CT molecular complexity index is 4240. The Morgan fingerprint density at radius 1 is 0.357 bits per heavy atom. The topological polar surface area (TPSA) is 8.17 Å². The lowest BCUT2D eigenvalue weighted by Gasteiger charge is -2.32. The van der Waals surface area contributed by atoms with Crippen molar-refractivity contribution < 1.29 is 0 Å². The molecule has 2 aliphatic carbocycles. The molecule has 2 aromatic heterocycles. The number of hydrogen-bond donors (Lipinski definition) is 0. The van der Waals surface area contributed by atoms with Crippen LogP contribution < -0.4 is 4.90 Å². The Hall–Kier alpha value is -8.76. The van der Waals surface area contributed by atoms with Crippen molar-refractivity contribution >= 4 is 70.4 Å². The highest BCUT2D eigenvalue weighted by Gasteiger charge is 2.53. The minimum absolute atomic E-state index is 0.523. The van der Waals surface area contributed by atoms with E-state index in [0.29, 0.717) is 0 Å². The van der Waals surface area contributed by atoms with Gasteiger partial charge in [-0.3, -0.25) is 0 Å². The Labute approximate surface area is 410 Å². The van der Waals surface area contributed by atoms with Crippen LogP contribution in [0.1, 0.15) is 22.3 Å². The molecule has 1 unspecified atom stereocenters. The molecule has 0 bridgehead atoms. The van der Waals surface area contributed by atoms with Crippen LogP contribution in [-0.2, 0) is 5.41 Å². The molecule has 0 aliphatic heterocycles. The summed E-state index contributed by atoms with van der Waals surface area (Å²) in [5, 5.41) is 5.14. The van der Waals surface area contributed by atoms with E-state index in [9.17, 15) is 0 Å². The zero-order valence-electron chi connectivity index (χ0n) is 38.1. The number of benzene rings is 11. The summed E-state index contributed by atoms with van der Waals surface area (Å²) in [5.41, 5.74) is 21.7. The SMILES string of the molecule is c1ccc(-c2ccccc2N(c2ccc(-c3ccc4c(c3)c3ccccc3n4-c3ccccc3)cc2)c2cccc3c2-c2ccccc2C32c3ccccc3-c3ccc4c(sc5ccccc54)c32)cc1. The monoisotopic (exact) mass is 906 g/mol. The van der Waals surface area contributed by atoms with Gasteiger partial charge in [-0.2, -0.15) is 0 Å². The van der Waals surface area contributed by atoms with E-state index in [-0.39, 0.29) is 0 Å². The summed E-state index contributed by atoms with van der Waals surface area (Å²) in [6, 6.07) is 94.7. The van der Waals surface area contributed by atoms with Crippen LogP contribution in [0.15, 0.2) is 255 Å². The van der Waals surface area contributed by atoms with Gasteiger partial charge in [-0.25, -0.2) is 0 Å². The molecule has 0 saturated carbocycles. The molecule has 2 nitrogen and oxygen atoms in total. The van der Waals surface area contributed by atoms with Crippen molar-refractivity contribution in [1.82, 2.24) is 4.57 Å². The molecule has 0 amide bonds. The van der Waals surface area contributed by atoms with Crippen molar-refractivity contribution in [2.45, 2.75) is 5.41 Å². The Morgan fingerprint density at radius 2 is 0.971 bits per heavy atom. The van der Waals surface area contributed by atoms with E-state index in [1.807, 2.05) is 11.3 Å². The van der Waals surface area contributed by atoms with Crippen molar-refractivity contribution in [2.24, 2.45) is 0 Å². The van der Waals surface area contributed by atoms with Gasteiger partial charge in [-0.15, -0.1) is 11.3 Å². The summed E-state index contributed by atoms with van der Waals surface area (Å²) in [4.78, 5) is 2.53. The lowest BCUT2D eigenvalue weighted by atomic mass is 9.70. The quantitative estimate of drug-likeness (QED) is 0.161. The van der Waals surface area contributed by atoms with Gasteiger partial charge in [0.2, 0.25) is 0 Å². The second-order valence-corrected chi connectivity index (χ2v) is 19.7. The van der Waals surface area contributed by atoms with Crippen LogP contribution in [-0.4, -0.2) is 4.57 Å². The number of thiophene rings is 1. The number of anilines is 3. The van der Waals surface area contributed by atoms with Crippen LogP contribution in [0, 0.1) is 0 Å². The third kappa shape index (κ3) is 5.44. The maximum atomic E-state index is 2.53. The molecular formula is C67H42N2S. The largest absolute Gasteiger partial charge is 0.309 e. The maximum absolute atomic E-state index is 2.53. The molecule has 15 rings (SSSR count). The predicted octanol–water partition coefficient (Wildman–Crippen LogP) is 18.3. The lowest BCUT2D eigenvalue weighted by molar-refractivity contribution is 0.802. The minimum Gasteiger partial charge on any atom is -0.309 e. The summed E-state index contributed by atoms with van der Waals surface area (Å²) in [6.45, 7) is 0. The van der Waals surface area contributed by atoms with Crippen LogP contribution in [0.25, 0.3) is 92.2 Å². The van der Waals surface area contributed by atoms with Gasteiger partial charge < -0.3 is 9.47 Å². The van der Waals surface area contributed by atoms with Gasteiger partial charge in [0.15, 0.2) is 0 Å². The van der Waals surface area contributed by atoms with Crippen LogP contribution in [0.2, 0.25) is 0 Å². The molecule has 3 heteroatoms. The van der Waals surface area contributed by atoms with Gasteiger partial charge >= 0.3 is 0 Å². The number of nitrogens with zero attached hydrogens (tertiary/aromatic N) is 2. The fourth-order valence-electron chi connectivity index (χ4n) is 12.4. The Morgan fingerprint density at radius 3 is 1.80 bits per heavy atom. The van der Waals surface area contributed by atoms with Crippen molar-refractivity contribution in [3.63, 3.8) is 0 Å². The average Bonchev–Trinajstić information content (AvgIpc) is 4.17. The third-order valence-corrected chi connectivity index (χ3v) is 16.4. The van der Waals surface area contributed by atoms with Gasteiger partial charge in [0.25, 0.3) is 0 Å². The van der Waals surface area contributed by atoms with Gasteiger partial charge in [0, 0.05) is 53.4 Å². The smallest absolute Gasteiger partial charge is 0.0740 e. The highest BCUT2D eigenvalue weighted by atomic mass is 32.1. The van der Waals surface area contributed by atoms with Crippen molar-refractivity contribution in [1.29, 1.82) is 0 Å². The second-order valence-electron chi connectivity index (χ2n) is 18.7. The van der Waals surface area contributed by atoms with Crippen LogP contribution in [0.5, 0.6) is 0 Å². The Kier molecular flexibility index (Phi) is 8.48. The number of rotatable bonds is 6. The summed E-state index contributed by atoms with van der Waals surface area (Å²) in [5.74, 6) is 0. The highest BCUT2D eigenvalue weighted by molar-refractivity contribution is 7.26. The number of aromatic nitrogens is 1. The van der Waals surface area contributed by atoms with E-state index in [1.165, 1.54) is 109 Å². The van der Waals surface area contributed by atoms with Gasteiger partial charge in [-0.1, -0.05) is 194 Å². The first-order valence-electron chi connectivity index (χ1n) is 24.2. The van der Waals surface area contributed by atoms with Crippen LogP contribution in [0.3, 0.4) is 0 Å². The van der Waals surface area contributed by atoms with E-state index in [4.69, 9.17) is 0 Å². The van der Waals surface area contributed by atoms with Gasteiger partial charge in [0.05, 0.1) is 27.8 Å². The molecule has 11 aromatic carbocycles. The number of fused-ring (bicyclic) bond motifs is 17. The lowest BCUT2D eigenvalue weighted by Crippen LogP contribution is -2.26. The molecule has 0 radical (unpaired) electrons. The molecule has 0 N–H and O–H groups in total. The first-order chi connectivity index (χ1) is 34.8. The minimum atomic E-state index is -0.523. The first-order valence-corrected chi connectivity index (χ1v) is 25.0. The summed E-state index contributed by atoms with van der Waals surface area (Å²) >= 11 is 1.94. The average molecular weight is 907 g/mol. The molecule has 0 fully saturated rings. The van der Waals surface area contributed by atoms with Crippen LogP contribution >= 0.6 is 11.3 Å². The zero-order valence-corrected chi connectivity index (χ0v) is 38.9. The van der Waals surface area contributed by atoms with E-state index in [2.05, 4.69) is 264 Å². The maximum Gasteiger partial charge on any atom is 0.0740 e. The number of hydrogen-bond acceptors (Lipinski definition) is 2. The normalized spacial score (nSPS) is 14.3. The zero-order chi connectivity index (χ0) is 45.9. The molecular weight excluding hydrogens is 865 g/mol. The molecule has 0 saturated heterocycles. The molecule has 13 aromatic rings. The molecule has 2 heterocycles. The summed E-state index contributed by atoms with van der Waals surface area (Å²) < 4.78 is 5.07. The van der Waals surface area contributed by atoms with Crippen molar-refractivity contribution in [2.75, 3.05) is 4.90 Å². The molecule has 70 heavy (non-hydrogen) atoms. The fraction of sp³-hybridized carbons (Fsp3) is 0.0149.